The fraction of sp³-hybridized carbons (Fsp3) is 0.632. The summed E-state index contributed by atoms with van der Waals surface area (Å²) in [6, 6.07) is 6.06. The average Bonchev–Trinajstić information content (AvgIpc) is 3.13. The van der Waals surface area contributed by atoms with Gasteiger partial charge in [-0.1, -0.05) is 5.16 Å². The Balaban J connectivity index is 1.53. The van der Waals surface area contributed by atoms with Crippen molar-refractivity contribution < 1.29 is 19.0 Å². The van der Waals surface area contributed by atoms with Crippen molar-refractivity contribution in [3.8, 4) is 11.5 Å². The molecule has 5 nitrogen and oxygen atoms in total. The first-order chi connectivity index (χ1) is 11.6. The van der Waals surface area contributed by atoms with Crippen molar-refractivity contribution in [2.24, 2.45) is 11.1 Å². The van der Waals surface area contributed by atoms with Crippen LogP contribution in [0.25, 0.3) is 0 Å². The average molecular weight is 331 g/mol. The molecule has 1 unspecified atom stereocenters. The van der Waals surface area contributed by atoms with E-state index in [1.807, 2.05) is 32.0 Å². The molecule has 1 saturated heterocycles. The van der Waals surface area contributed by atoms with Crippen molar-refractivity contribution in [2.75, 3.05) is 19.8 Å². The van der Waals surface area contributed by atoms with E-state index in [4.69, 9.17) is 19.0 Å². The zero-order valence-corrected chi connectivity index (χ0v) is 14.4. The van der Waals surface area contributed by atoms with Crippen molar-refractivity contribution >= 4 is 5.71 Å². The molecule has 24 heavy (non-hydrogen) atoms. The van der Waals surface area contributed by atoms with E-state index in [9.17, 15) is 0 Å². The number of hydrogen-bond donors (Lipinski definition) is 0. The fourth-order valence-electron chi connectivity index (χ4n) is 3.12. The van der Waals surface area contributed by atoms with E-state index in [2.05, 4.69) is 5.16 Å². The molecule has 4 rings (SSSR count). The van der Waals surface area contributed by atoms with Crippen LogP contribution in [0.15, 0.2) is 23.4 Å². The molecule has 130 valence electrons. The Morgan fingerprint density at radius 1 is 1.29 bits per heavy atom. The summed E-state index contributed by atoms with van der Waals surface area (Å²) in [6.07, 6.45) is 4.34. The molecule has 0 N–H and O–H groups in total. The monoisotopic (exact) mass is 331 g/mol. The van der Waals surface area contributed by atoms with Crippen LogP contribution in [0.1, 0.15) is 45.1 Å². The largest absolute Gasteiger partial charge is 0.489 e. The molecular formula is C19H25NO4. The summed E-state index contributed by atoms with van der Waals surface area (Å²) in [4.78, 5) is 5.70. The first-order valence-electron chi connectivity index (χ1n) is 8.90. The second-order valence-electron chi connectivity index (χ2n) is 7.37. The molecule has 2 fully saturated rings. The van der Waals surface area contributed by atoms with Gasteiger partial charge < -0.3 is 19.0 Å². The molecule has 2 aliphatic heterocycles. The minimum Gasteiger partial charge on any atom is -0.489 e. The third-order valence-corrected chi connectivity index (χ3v) is 4.72. The van der Waals surface area contributed by atoms with Gasteiger partial charge in [-0.05, 0) is 50.8 Å². The van der Waals surface area contributed by atoms with E-state index >= 15 is 0 Å². The molecule has 1 atom stereocenters. The number of ether oxygens (including phenoxy) is 3. The number of nitrogens with zero attached hydrogens (tertiary/aromatic N) is 1. The number of benzene rings is 1. The van der Waals surface area contributed by atoms with Crippen molar-refractivity contribution in [3.05, 3.63) is 23.8 Å². The van der Waals surface area contributed by atoms with E-state index in [-0.39, 0.29) is 11.7 Å². The zero-order chi connectivity index (χ0) is 16.6. The van der Waals surface area contributed by atoms with Crippen LogP contribution >= 0.6 is 0 Å². The number of rotatable bonds is 6. The van der Waals surface area contributed by atoms with Crippen molar-refractivity contribution in [1.82, 2.24) is 0 Å². The van der Waals surface area contributed by atoms with Gasteiger partial charge in [-0.25, -0.2) is 0 Å². The van der Waals surface area contributed by atoms with Gasteiger partial charge in [-0.15, -0.1) is 0 Å². The molecule has 3 aliphatic rings. The lowest BCUT2D eigenvalue weighted by Gasteiger charge is -2.18. The van der Waals surface area contributed by atoms with Gasteiger partial charge >= 0.3 is 0 Å². The SMILES string of the molecule is CC(C)Oc1ccc(C2=NOC3(CCOC3)C2)cc1OCC1CC1. The Labute approximate surface area is 142 Å². The van der Waals surface area contributed by atoms with Crippen LogP contribution in [-0.2, 0) is 9.57 Å². The van der Waals surface area contributed by atoms with Gasteiger partial charge in [-0.3, -0.25) is 0 Å². The zero-order valence-electron chi connectivity index (χ0n) is 14.4. The van der Waals surface area contributed by atoms with Crippen molar-refractivity contribution in [1.29, 1.82) is 0 Å². The van der Waals surface area contributed by atoms with Gasteiger partial charge in [0.2, 0.25) is 0 Å². The highest BCUT2D eigenvalue weighted by Crippen LogP contribution is 2.37. The highest BCUT2D eigenvalue weighted by Gasteiger charge is 2.43. The Hall–Kier alpha value is -1.75. The molecule has 5 heteroatoms. The fourth-order valence-corrected chi connectivity index (χ4v) is 3.12. The third kappa shape index (κ3) is 3.36. The van der Waals surface area contributed by atoms with Crippen molar-refractivity contribution in [3.63, 3.8) is 0 Å². The quantitative estimate of drug-likeness (QED) is 0.800. The normalized spacial score (nSPS) is 25.9. The first kappa shape index (κ1) is 15.8. The third-order valence-electron chi connectivity index (χ3n) is 4.72. The summed E-state index contributed by atoms with van der Waals surface area (Å²) in [5, 5.41) is 4.32. The summed E-state index contributed by atoms with van der Waals surface area (Å²) in [5.74, 6) is 2.30. The van der Waals surface area contributed by atoms with Crippen LogP contribution in [0.4, 0.5) is 0 Å². The molecular weight excluding hydrogens is 306 g/mol. The van der Waals surface area contributed by atoms with Crippen LogP contribution in [0.2, 0.25) is 0 Å². The summed E-state index contributed by atoms with van der Waals surface area (Å²) in [5.41, 5.74) is 1.76. The summed E-state index contributed by atoms with van der Waals surface area (Å²) in [7, 11) is 0. The highest BCUT2D eigenvalue weighted by atomic mass is 16.7. The van der Waals surface area contributed by atoms with Crippen molar-refractivity contribution in [2.45, 2.75) is 51.2 Å². The van der Waals surface area contributed by atoms with Gasteiger partial charge in [0.15, 0.2) is 17.1 Å². The summed E-state index contributed by atoms with van der Waals surface area (Å²) >= 11 is 0. The lowest BCUT2D eigenvalue weighted by molar-refractivity contribution is -0.0237. The molecule has 1 spiro atoms. The number of oxime groups is 1. The lowest BCUT2D eigenvalue weighted by Crippen LogP contribution is -2.29. The molecule has 0 radical (unpaired) electrons. The van der Waals surface area contributed by atoms with Gasteiger partial charge in [0.1, 0.15) is 0 Å². The maximum atomic E-state index is 6.03. The van der Waals surface area contributed by atoms with E-state index < -0.39 is 0 Å². The Kier molecular flexibility index (Phi) is 4.12. The lowest BCUT2D eigenvalue weighted by atomic mass is 9.93. The van der Waals surface area contributed by atoms with Crippen LogP contribution in [0, 0.1) is 5.92 Å². The second kappa shape index (κ2) is 6.28. The Morgan fingerprint density at radius 2 is 2.17 bits per heavy atom. The van der Waals surface area contributed by atoms with Gasteiger partial charge in [0.25, 0.3) is 0 Å². The van der Waals surface area contributed by atoms with Crippen LogP contribution < -0.4 is 9.47 Å². The minimum absolute atomic E-state index is 0.116. The minimum atomic E-state index is -0.253. The standard InChI is InChI=1S/C19H25NO4/c1-13(2)23-17-6-5-15(9-18(17)22-11-14-3-4-14)16-10-19(24-20-16)7-8-21-12-19/h5-6,9,13-14H,3-4,7-8,10-12H2,1-2H3. The Morgan fingerprint density at radius 3 is 2.88 bits per heavy atom. The highest BCUT2D eigenvalue weighted by molar-refractivity contribution is 6.02. The molecule has 1 aromatic carbocycles. The molecule has 1 aromatic rings. The first-order valence-corrected chi connectivity index (χ1v) is 8.90. The maximum absolute atomic E-state index is 6.03. The molecule has 1 aliphatic carbocycles. The smallest absolute Gasteiger partial charge is 0.168 e. The van der Waals surface area contributed by atoms with Gasteiger partial charge in [-0.2, -0.15) is 0 Å². The molecule has 0 amide bonds. The van der Waals surface area contributed by atoms with Crippen LogP contribution in [0.3, 0.4) is 0 Å². The second-order valence-corrected chi connectivity index (χ2v) is 7.37. The topological polar surface area (TPSA) is 49.3 Å². The van der Waals surface area contributed by atoms with E-state index in [1.54, 1.807) is 0 Å². The van der Waals surface area contributed by atoms with Crippen LogP contribution in [-0.4, -0.2) is 37.2 Å². The van der Waals surface area contributed by atoms with Crippen LogP contribution in [0.5, 0.6) is 11.5 Å². The summed E-state index contributed by atoms with van der Waals surface area (Å²) in [6.45, 7) is 6.19. The van der Waals surface area contributed by atoms with Gasteiger partial charge in [0, 0.05) is 18.4 Å². The molecule has 1 saturated carbocycles. The summed E-state index contributed by atoms with van der Waals surface area (Å²) < 4.78 is 17.4. The predicted molar refractivity (Wildman–Crippen MR) is 90.8 cm³/mol. The number of hydrogen-bond acceptors (Lipinski definition) is 5. The van der Waals surface area contributed by atoms with E-state index in [1.165, 1.54) is 12.8 Å². The maximum Gasteiger partial charge on any atom is 0.168 e. The van der Waals surface area contributed by atoms with E-state index in [0.29, 0.717) is 12.5 Å². The molecule has 2 heterocycles. The predicted octanol–water partition coefficient (Wildman–Crippen LogP) is 3.55. The van der Waals surface area contributed by atoms with E-state index in [0.717, 1.165) is 48.8 Å². The Bertz CT molecular complexity index is 630. The van der Waals surface area contributed by atoms with Gasteiger partial charge in [0.05, 0.1) is 31.6 Å². The molecule has 0 bridgehead atoms. The molecule has 0 aromatic heterocycles.